The number of aromatic amines is 1. The summed E-state index contributed by atoms with van der Waals surface area (Å²) in [5.41, 5.74) is 0.373. The van der Waals surface area contributed by atoms with E-state index < -0.39 is 0 Å². The van der Waals surface area contributed by atoms with E-state index in [0.29, 0.717) is 22.9 Å². The second-order valence-electron chi connectivity index (χ2n) is 5.23. The molecule has 0 spiro atoms. The maximum atomic E-state index is 13.8. The molecule has 1 N–H and O–H groups in total. The van der Waals surface area contributed by atoms with Gasteiger partial charge in [-0.3, -0.25) is 9.69 Å². The highest BCUT2D eigenvalue weighted by Gasteiger charge is 2.20. The molecule has 0 saturated carbocycles. The van der Waals surface area contributed by atoms with Crippen molar-refractivity contribution in [1.29, 1.82) is 0 Å². The minimum Gasteiger partial charge on any atom is -0.354 e. The van der Waals surface area contributed by atoms with Gasteiger partial charge in [0.2, 0.25) is 0 Å². The van der Waals surface area contributed by atoms with Crippen LogP contribution in [0.25, 0.3) is 0 Å². The molecule has 0 amide bonds. The van der Waals surface area contributed by atoms with Gasteiger partial charge in [0.1, 0.15) is 11.6 Å². The van der Waals surface area contributed by atoms with Gasteiger partial charge in [0.25, 0.3) is 5.56 Å². The quantitative estimate of drug-likeness (QED) is 0.937. The highest BCUT2D eigenvalue weighted by atomic mass is 35.5. The lowest BCUT2D eigenvalue weighted by molar-refractivity contribution is 0.246. The second kappa shape index (κ2) is 6.46. The molecule has 1 aliphatic heterocycles. The van der Waals surface area contributed by atoms with Gasteiger partial charge in [-0.15, -0.1) is 0 Å². The first-order valence-corrected chi connectivity index (χ1v) is 7.46. The number of aromatic nitrogens is 2. The zero-order valence-corrected chi connectivity index (χ0v) is 12.7. The lowest BCUT2D eigenvalue weighted by Gasteiger charge is -2.35. The van der Waals surface area contributed by atoms with Gasteiger partial charge in [0, 0.05) is 49.4 Å². The van der Waals surface area contributed by atoms with Gasteiger partial charge in [0.05, 0.1) is 6.33 Å². The maximum absolute atomic E-state index is 13.8. The van der Waals surface area contributed by atoms with Gasteiger partial charge >= 0.3 is 0 Å². The van der Waals surface area contributed by atoms with Crippen LogP contribution < -0.4 is 10.5 Å². The number of halogens is 2. The topological polar surface area (TPSA) is 52.2 Å². The van der Waals surface area contributed by atoms with E-state index in [4.69, 9.17) is 11.6 Å². The van der Waals surface area contributed by atoms with E-state index in [9.17, 15) is 9.18 Å². The average molecular weight is 323 g/mol. The summed E-state index contributed by atoms with van der Waals surface area (Å²) in [5.74, 6) is 0.401. The summed E-state index contributed by atoms with van der Waals surface area (Å²) in [6.07, 6.45) is 1.41. The van der Waals surface area contributed by atoms with Crippen molar-refractivity contribution >= 4 is 17.4 Å². The van der Waals surface area contributed by atoms with E-state index in [0.717, 1.165) is 26.2 Å². The van der Waals surface area contributed by atoms with Crippen LogP contribution in [0.1, 0.15) is 5.56 Å². The Labute approximate surface area is 132 Å². The molecule has 0 bridgehead atoms. The average Bonchev–Trinajstić information content (AvgIpc) is 2.52. The predicted molar refractivity (Wildman–Crippen MR) is 83.8 cm³/mol. The molecule has 22 heavy (non-hydrogen) atoms. The van der Waals surface area contributed by atoms with Crippen LogP contribution in [0, 0.1) is 5.82 Å². The molecule has 1 saturated heterocycles. The van der Waals surface area contributed by atoms with E-state index in [1.807, 2.05) is 0 Å². The van der Waals surface area contributed by atoms with Crippen molar-refractivity contribution in [1.82, 2.24) is 14.9 Å². The van der Waals surface area contributed by atoms with Crippen molar-refractivity contribution in [3.8, 4) is 0 Å². The number of benzene rings is 1. The summed E-state index contributed by atoms with van der Waals surface area (Å²) >= 11 is 6.07. The fourth-order valence-electron chi connectivity index (χ4n) is 2.57. The largest absolute Gasteiger partial charge is 0.354 e. The highest BCUT2D eigenvalue weighted by molar-refractivity contribution is 6.31. The molecule has 3 rings (SSSR count). The molecule has 0 unspecified atom stereocenters. The summed E-state index contributed by atoms with van der Waals surface area (Å²) in [6, 6.07) is 6.23. The third-order valence-corrected chi connectivity index (χ3v) is 4.16. The fraction of sp³-hybridized carbons (Fsp3) is 0.333. The van der Waals surface area contributed by atoms with E-state index in [1.54, 1.807) is 12.1 Å². The standard InChI is InChI=1S/C15H16ClFN4O/c16-12-2-1-3-13(17)11(12)9-20-4-6-21(7-5-20)14-8-15(22)19-10-18-14/h1-3,8,10H,4-7,9H2,(H,18,19,22). The van der Waals surface area contributed by atoms with E-state index >= 15 is 0 Å². The molecule has 2 heterocycles. The van der Waals surface area contributed by atoms with Gasteiger partial charge in [-0.25, -0.2) is 9.37 Å². The second-order valence-corrected chi connectivity index (χ2v) is 5.64. The van der Waals surface area contributed by atoms with E-state index in [-0.39, 0.29) is 11.4 Å². The van der Waals surface area contributed by atoms with Crippen LogP contribution in [0.5, 0.6) is 0 Å². The molecule has 1 fully saturated rings. The maximum Gasteiger partial charge on any atom is 0.252 e. The Morgan fingerprint density at radius 2 is 2.05 bits per heavy atom. The van der Waals surface area contributed by atoms with Crippen molar-refractivity contribution in [2.75, 3.05) is 31.1 Å². The zero-order valence-electron chi connectivity index (χ0n) is 11.9. The predicted octanol–water partition coefficient (Wildman–Crippen LogP) is 1.88. The minimum absolute atomic E-state index is 0.162. The number of anilines is 1. The van der Waals surface area contributed by atoms with Crippen molar-refractivity contribution in [2.24, 2.45) is 0 Å². The van der Waals surface area contributed by atoms with Crippen molar-refractivity contribution in [2.45, 2.75) is 6.54 Å². The molecule has 1 aliphatic rings. The fourth-order valence-corrected chi connectivity index (χ4v) is 2.80. The molecular formula is C15H16ClFN4O. The number of hydrogen-bond acceptors (Lipinski definition) is 4. The Bertz CT molecular complexity index is 692. The van der Waals surface area contributed by atoms with Crippen molar-refractivity contribution in [3.05, 3.63) is 57.3 Å². The molecule has 1 aromatic heterocycles. The molecule has 2 aromatic rings. The SMILES string of the molecule is O=c1cc(N2CCN(Cc3c(F)cccc3Cl)CC2)nc[nH]1. The Morgan fingerprint density at radius 3 is 2.73 bits per heavy atom. The van der Waals surface area contributed by atoms with Crippen LogP contribution in [0.4, 0.5) is 10.2 Å². The molecule has 7 heteroatoms. The Kier molecular flexibility index (Phi) is 4.40. The van der Waals surface area contributed by atoms with Crippen LogP contribution in [-0.2, 0) is 6.54 Å². The molecule has 116 valence electrons. The highest BCUT2D eigenvalue weighted by Crippen LogP contribution is 2.21. The first-order valence-electron chi connectivity index (χ1n) is 7.08. The van der Waals surface area contributed by atoms with Gasteiger partial charge in [0.15, 0.2) is 0 Å². The molecule has 0 radical (unpaired) electrons. The number of rotatable bonds is 3. The number of nitrogens with zero attached hydrogens (tertiary/aromatic N) is 3. The van der Waals surface area contributed by atoms with Crippen LogP contribution in [0.3, 0.4) is 0 Å². The molecular weight excluding hydrogens is 307 g/mol. The molecule has 1 aromatic carbocycles. The van der Waals surface area contributed by atoms with Gasteiger partial charge in [-0.05, 0) is 12.1 Å². The summed E-state index contributed by atoms with van der Waals surface area (Å²) in [7, 11) is 0. The summed E-state index contributed by atoms with van der Waals surface area (Å²) in [5, 5.41) is 0.457. The summed E-state index contributed by atoms with van der Waals surface area (Å²) in [4.78, 5) is 22.2. The van der Waals surface area contributed by atoms with Crippen LogP contribution >= 0.6 is 11.6 Å². The third-order valence-electron chi connectivity index (χ3n) is 3.80. The van der Waals surface area contributed by atoms with Crippen molar-refractivity contribution in [3.63, 3.8) is 0 Å². The Morgan fingerprint density at radius 1 is 1.27 bits per heavy atom. The summed E-state index contributed by atoms with van der Waals surface area (Å²) in [6.45, 7) is 3.49. The molecule has 0 atom stereocenters. The number of H-pyrrole nitrogens is 1. The van der Waals surface area contributed by atoms with Crippen LogP contribution in [-0.4, -0.2) is 41.0 Å². The lowest BCUT2D eigenvalue weighted by Crippen LogP contribution is -2.46. The monoisotopic (exact) mass is 322 g/mol. The van der Waals surface area contributed by atoms with Gasteiger partial charge < -0.3 is 9.88 Å². The van der Waals surface area contributed by atoms with Gasteiger partial charge in [-0.2, -0.15) is 0 Å². The first kappa shape index (κ1) is 15.0. The first-order chi connectivity index (χ1) is 10.6. The molecule has 5 nitrogen and oxygen atoms in total. The lowest BCUT2D eigenvalue weighted by atomic mass is 10.2. The minimum atomic E-state index is -0.272. The Hall–Kier alpha value is -1.92. The normalized spacial score (nSPS) is 16.0. The third kappa shape index (κ3) is 3.28. The molecule has 0 aliphatic carbocycles. The van der Waals surface area contributed by atoms with Crippen LogP contribution in [0.15, 0.2) is 35.4 Å². The Balaban J connectivity index is 1.64. The zero-order chi connectivity index (χ0) is 15.5. The van der Waals surface area contributed by atoms with Gasteiger partial charge in [-0.1, -0.05) is 17.7 Å². The summed E-state index contributed by atoms with van der Waals surface area (Å²) < 4.78 is 13.8. The van der Waals surface area contributed by atoms with Crippen molar-refractivity contribution < 1.29 is 4.39 Å². The van der Waals surface area contributed by atoms with E-state index in [1.165, 1.54) is 18.5 Å². The van der Waals surface area contributed by atoms with Crippen LogP contribution in [0.2, 0.25) is 5.02 Å². The smallest absolute Gasteiger partial charge is 0.252 e. The van der Waals surface area contributed by atoms with E-state index in [2.05, 4.69) is 19.8 Å². The number of hydrogen-bond donors (Lipinski definition) is 1. The number of nitrogens with one attached hydrogen (secondary N) is 1. The number of piperazine rings is 1.